The maximum Gasteiger partial charge on any atom is 0.236 e. The van der Waals surface area contributed by atoms with Crippen LogP contribution in [0.3, 0.4) is 0 Å². The highest BCUT2D eigenvalue weighted by molar-refractivity contribution is 5.82. The topological polar surface area (TPSA) is 55.9 Å². The van der Waals surface area contributed by atoms with Gasteiger partial charge in [0.05, 0.1) is 18.5 Å². The fraction of sp³-hybridized carbons (Fsp3) is 0.545. The summed E-state index contributed by atoms with van der Waals surface area (Å²) in [5.41, 5.74) is 2.48. The summed E-state index contributed by atoms with van der Waals surface area (Å²) >= 11 is 0. The van der Waals surface area contributed by atoms with Gasteiger partial charge in [0.15, 0.2) is 0 Å². The molecule has 1 aromatic rings. The molecule has 0 aromatic heterocycles. The van der Waals surface area contributed by atoms with Gasteiger partial charge in [-0.25, -0.2) is 0 Å². The lowest BCUT2D eigenvalue weighted by molar-refractivity contribution is -0.131. The van der Waals surface area contributed by atoms with E-state index in [1.54, 1.807) is 6.08 Å². The molecule has 0 unspecified atom stereocenters. The van der Waals surface area contributed by atoms with Gasteiger partial charge in [0.1, 0.15) is 0 Å². The van der Waals surface area contributed by atoms with Crippen LogP contribution < -0.4 is 10.2 Å². The summed E-state index contributed by atoms with van der Waals surface area (Å²) in [5, 5.41) is 2.99. The van der Waals surface area contributed by atoms with E-state index in [-0.39, 0.29) is 23.8 Å². The van der Waals surface area contributed by atoms with Crippen LogP contribution in [0.4, 0.5) is 5.69 Å². The Kier molecular flexibility index (Phi) is 5.67. The Bertz CT molecular complexity index is 744. The first-order valence-electron chi connectivity index (χ1n) is 10.4. The molecule has 28 heavy (non-hydrogen) atoms. The summed E-state index contributed by atoms with van der Waals surface area (Å²) in [6.07, 6.45) is 4.69. The molecule has 6 heteroatoms. The normalized spacial score (nSPS) is 24.4. The molecule has 0 radical (unpaired) electrons. The number of nitrogens with zero attached hydrogens (tertiary/aromatic N) is 3. The summed E-state index contributed by atoms with van der Waals surface area (Å²) in [6, 6.07) is 8.49. The predicted octanol–water partition coefficient (Wildman–Crippen LogP) is 1.27. The first kappa shape index (κ1) is 19.0. The molecule has 150 valence electrons. The van der Waals surface area contributed by atoms with Gasteiger partial charge in [-0.15, -0.1) is 6.58 Å². The fourth-order valence-corrected chi connectivity index (χ4v) is 4.82. The van der Waals surface area contributed by atoms with Gasteiger partial charge in [-0.2, -0.15) is 0 Å². The van der Waals surface area contributed by atoms with Crippen LogP contribution >= 0.6 is 0 Å². The number of anilines is 1. The predicted molar refractivity (Wildman–Crippen MR) is 110 cm³/mol. The van der Waals surface area contributed by atoms with Crippen molar-refractivity contribution in [1.82, 2.24) is 15.1 Å². The van der Waals surface area contributed by atoms with Crippen molar-refractivity contribution in [2.75, 3.05) is 50.7 Å². The van der Waals surface area contributed by atoms with E-state index in [1.165, 1.54) is 11.3 Å². The third-order valence-corrected chi connectivity index (χ3v) is 6.28. The van der Waals surface area contributed by atoms with Gasteiger partial charge in [-0.1, -0.05) is 24.3 Å². The van der Waals surface area contributed by atoms with Gasteiger partial charge in [-0.05, 0) is 30.9 Å². The minimum Gasteiger partial charge on any atom is -0.365 e. The molecule has 2 atom stereocenters. The molecule has 3 heterocycles. The fourth-order valence-electron chi connectivity index (χ4n) is 4.82. The van der Waals surface area contributed by atoms with Crippen LogP contribution in [-0.2, 0) is 16.0 Å². The molecule has 2 amide bonds. The average Bonchev–Trinajstić information content (AvgIpc) is 3.26. The lowest BCUT2D eigenvalue weighted by Gasteiger charge is -2.49. The maximum absolute atomic E-state index is 12.9. The third kappa shape index (κ3) is 3.78. The van der Waals surface area contributed by atoms with Gasteiger partial charge in [-0.3, -0.25) is 14.5 Å². The summed E-state index contributed by atoms with van der Waals surface area (Å²) in [5.74, 6) is 0.200. The molecule has 6 nitrogen and oxygen atoms in total. The Morgan fingerprint density at radius 1 is 1.14 bits per heavy atom. The van der Waals surface area contributed by atoms with Crippen LogP contribution in [0.25, 0.3) is 0 Å². The first-order chi connectivity index (χ1) is 13.7. The lowest BCUT2D eigenvalue weighted by atomic mass is 9.83. The number of piperazine rings is 1. The minimum absolute atomic E-state index is 0.0807. The molecule has 2 fully saturated rings. The molecular formula is C22H30N4O2. The average molecular weight is 383 g/mol. The van der Waals surface area contributed by atoms with E-state index in [9.17, 15) is 9.59 Å². The number of likely N-dealkylation sites (tertiary alicyclic amines) is 1. The highest BCUT2D eigenvalue weighted by atomic mass is 16.2. The summed E-state index contributed by atoms with van der Waals surface area (Å²) in [7, 11) is 0. The van der Waals surface area contributed by atoms with E-state index >= 15 is 0 Å². The SMILES string of the molecule is C=CCNC(=O)[C@H]1Cc2ccccc2N2CCN(CC(=O)N3CCCC3)C[C@@H]12. The lowest BCUT2D eigenvalue weighted by Crippen LogP contribution is -2.62. The number of nitrogens with one attached hydrogen (secondary N) is 1. The van der Waals surface area contributed by atoms with Crippen molar-refractivity contribution < 1.29 is 9.59 Å². The number of carbonyl (C=O) groups excluding carboxylic acids is 2. The van der Waals surface area contributed by atoms with Gasteiger partial charge in [0.25, 0.3) is 0 Å². The molecule has 4 rings (SSSR count). The van der Waals surface area contributed by atoms with Crippen molar-refractivity contribution in [1.29, 1.82) is 0 Å². The zero-order valence-electron chi connectivity index (χ0n) is 16.5. The summed E-state index contributed by atoms with van der Waals surface area (Å²) in [4.78, 5) is 32.1. The van der Waals surface area contributed by atoms with E-state index in [2.05, 4.69) is 39.9 Å². The third-order valence-electron chi connectivity index (χ3n) is 6.28. The van der Waals surface area contributed by atoms with Gasteiger partial charge in [0.2, 0.25) is 11.8 Å². The Morgan fingerprint density at radius 3 is 2.71 bits per heavy atom. The zero-order chi connectivity index (χ0) is 19.5. The molecule has 0 spiro atoms. The number of rotatable bonds is 5. The molecular weight excluding hydrogens is 352 g/mol. The van der Waals surface area contributed by atoms with Crippen LogP contribution in [0.5, 0.6) is 0 Å². The largest absolute Gasteiger partial charge is 0.365 e. The Balaban J connectivity index is 1.51. The van der Waals surface area contributed by atoms with Crippen molar-refractivity contribution in [3.63, 3.8) is 0 Å². The molecule has 3 aliphatic heterocycles. The first-order valence-corrected chi connectivity index (χ1v) is 10.4. The minimum atomic E-state index is -0.112. The molecule has 0 bridgehead atoms. The van der Waals surface area contributed by atoms with Crippen LogP contribution in [0, 0.1) is 5.92 Å². The Labute approximate surface area is 167 Å². The highest BCUT2D eigenvalue weighted by Crippen LogP contribution is 2.35. The second-order valence-electron chi connectivity index (χ2n) is 8.06. The van der Waals surface area contributed by atoms with Crippen LogP contribution in [0.1, 0.15) is 18.4 Å². The number of fused-ring (bicyclic) bond motifs is 3. The van der Waals surface area contributed by atoms with Gasteiger partial charge < -0.3 is 15.1 Å². The van der Waals surface area contributed by atoms with Crippen LogP contribution in [0.2, 0.25) is 0 Å². The second kappa shape index (κ2) is 8.35. The van der Waals surface area contributed by atoms with Crippen molar-refractivity contribution >= 4 is 17.5 Å². The summed E-state index contributed by atoms with van der Waals surface area (Å²) < 4.78 is 0. The summed E-state index contributed by atoms with van der Waals surface area (Å²) in [6.45, 7) is 8.89. The van der Waals surface area contributed by atoms with Gasteiger partial charge in [0, 0.05) is 45.0 Å². The van der Waals surface area contributed by atoms with E-state index in [4.69, 9.17) is 0 Å². The number of amides is 2. The van der Waals surface area contributed by atoms with E-state index in [0.717, 1.165) is 52.0 Å². The van der Waals surface area contributed by atoms with Crippen molar-refractivity contribution in [2.45, 2.75) is 25.3 Å². The molecule has 3 aliphatic rings. The quantitative estimate of drug-likeness (QED) is 0.780. The number of benzene rings is 1. The smallest absolute Gasteiger partial charge is 0.236 e. The number of para-hydroxylation sites is 1. The molecule has 0 aliphatic carbocycles. The van der Waals surface area contributed by atoms with Crippen molar-refractivity contribution in [2.24, 2.45) is 5.92 Å². The molecule has 0 saturated carbocycles. The molecule has 2 saturated heterocycles. The monoisotopic (exact) mass is 382 g/mol. The number of carbonyl (C=O) groups is 2. The van der Waals surface area contributed by atoms with Crippen LogP contribution in [-0.4, -0.2) is 73.5 Å². The number of hydrogen-bond donors (Lipinski definition) is 1. The Hall–Kier alpha value is -2.34. The van der Waals surface area contributed by atoms with E-state index in [1.807, 2.05) is 11.0 Å². The second-order valence-corrected chi connectivity index (χ2v) is 8.06. The van der Waals surface area contributed by atoms with Crippen molar-refractivity contribution in [3.05, 3.63) is 42.5 Å². The van der Waals surface area contributed by atoms with Crippen LogP contribution in [0.15, 0.2) is 36.9 Å². The van der Waals surface area contributed by atoms with E-state index < -0.39 is 0 Å². The molecule has 1 N–H and O–H groups in total. The highest BCUT2D eigenvalue weighted by Gasteiger charge is 2.41. The van der Waals surface area contributed by atoms with Crippen molar-refractivity contribution in [3.8, 4) is 0 Å². The number of hydrogen-bond acceptors (Lipinski definition) is 4. The molecule has 1 aromatic carbocycles. The van der Waals surface area contributed by atoms with E-state index in [0.29, 0.717) is 13.1 Å². The Morgan fingerprint density at radius 2 is 1.93 bits per heavy atom. The van der Waals surface area contributed by atoms with Gasteiger partial charge >= 0.3 is 0 Å². The maximum atomic E-state index is 12.9. The standard InChI is InChI=1S/C22H30N4O2/c1-2-9-23-22(28)18-14-17-7-3-4-8-19(17)26-13-12-24(15-20(18)26)16-21(27)25-10-5-6-11-25/h2-4,7-8,18,20H,1,5-6,9-16H2,(H,23,28)/t18-,20-/m0/s1. The zero-order valence-corrected chi connectivity index (χ0v) is 16.5.